The van der Waals surface area contributed by atoms with Crippen LogP contribution in [0.15, 0.2) is 6.07 Å². The molecule has 0 spiro atoms. The summed E-state index contributed by atoms with van der Waals surface area (Å²) in [5.41, 5.74) is -0.364. The second-order valence-corrected chi connectivity index (χ2v) is 6.50. The molecule has 0 saturated carbocycles. The minimum Gasteiger partial charge on any atom is -0.388 e. The molecule has 2 heterocycles. The van der Waals surface area contributed by atoms with Crippen LogP contribution in [0.5, 0.6) is 0 Å². The van der Waals surface area contributed by atoms with Gasteiger partial charge < -0.3 is 10.0 Å². The summed E-state index contributed by atoms with van der Waals surface area (Å²) in [6, 6.07) is 1.57. The fourth-order valence-electron chi connectivity index (χ4n) is 1.77. The first-order chi connectivity index (χ1) is 7.39. The van der Waals surface area contributed by atoms with Gasteiger partial charge in [0.1, 0.15) is 4.34 Å². The molecule has 1 atom stereocenters. The lowest BCUT2D eigenvalue weighted by atomic mass is 10.1. The zero-order valence-corrected chi connectivity index (χ0v) is 11.0. The maximum absolute atomic E-state index is 12.0. The van der Waals surface area contributed by atoms with Crippen LogP contribution in [-0.2, 0) is 0 Å². The van der Waals surface area contributed by atoms with Gasteiger partial charge in [-0.2, -0.15) is 0 Å². The van der Waals surface area contributed by atoms with Crippen LogP contribution in [0, 0.1) is 0 Å². The monoisotopic (exact) mass is 279 g/mol. The Morgan fingerprint density at radius 1 is 1.62 bits per heavy atom. The molecule has 0 aliphatic carbocycles. The third-order valence-corrected chi connectivity index (χ3v) is 4.11. The van der Waals surface area contributed by atoms with Gasteiger partial charge in [-0.05, 0) is 19.4 Å². The zero-order valence-electron chi connectivity index (χ0n) is 8.67. The van der Waals surface area contributed by atoms with E-state index in [-0.39, 0.29) is 5.91 Å². The van der Waals surface area contributed by atoms with Crippen molar-refractivity contribution >= 4 is 40.4 Å². The van der Waals surface area contributed by atoms with Crippen LogP contribution in [0.25, 0.3) is 0 Å². The lowest BCUT2D eigenvalue weighted by Gasteiger charge is -2.18. The van der Waals surface area contributed by atoms with Crippen molar-refractivity contribution in [2.24, 2.45) is 0 Å². The molecular weight excluding hydrogens is 269 g/mol. The van der Waals surface area contributed by atoms with E-state index in [0.717, 1.165) is 0 Å². The fraction of sp³-hybridized carbons (Fsp3) is 0.500. The number of hydrogen-bond acceptors (Lipinski definition) is 3. The van der Waals surface area contributed by atoms with E-state index in [4.69, 9.17) is 23.2 Å². The van der Waals surface area contributed by atoms with Crippen LogP contribution in [0.4, 0.5) is 0 Å². The van der Waals surface area contributed by atoms with Gasteiger partial charge in [-0.25, -0.2) is 0 Å². The number of likely N-dealkylation sites (tertiary alicyclic amines) is 1. The molecule has 88 valence electrons. The SMILES string of the molecule is CC1(O)CCN(C(=O)c2cc(Cl)sc2Cl)C1. The number of β-amino-alcohol motifs (C(OH)–C–C–N with tert-alkyl or cyclic N) is 1. The molecule has 1 aromatic rings. The number of aliphatic hydroxyl groups is 1. The maximum atomic E-state index is 12.0. The predicted molar refractivity (Wildman–Crippen MR) is 65.5 cm³/mol. The molecule has 1 aliphatic heterocycles. The molecule has 1 amide bonds. The van der Waals surface area contributed by atoms with E-state index in [9.17, 15) is 9.90 Å². The van der Waals surface area contributed by atoms with Crippen molar-refractivity contribution in [1.29, 1.82) is 0 Å². The topological polar surface area (TPSA) is 40.5 Å². The molecule has 1 fully saturated rings. The molecule has 1 aliphatic rings. The highest BCUT2D eigenvalue weighted by molar-refractivity contribution is 7.20. The molecule has 1 unspecified atom stereocenters. The Kier molecular flexibility index (Phi) is 3.18. The van der Waals surface area contributed by atoms with E-state index in [1.165, 1.54) is 11.3 Å². The van der Waals surface area contributed by atoms with Gasteiger partial charge in [-0.15, -0.1) is 11.3 Å². The maximum Gasteiger partial charge on any atom is 0.256 e. The molecule has 0 bridgehead atoms. The first-order valence-corrected chi connectivity index (χ1v) is 6.43. The summed E-state index contributed by atoms with van der Waals surface area (Å²) < 4.78 is 0.904. The summed E-state index contributed by atoms with van der Waals surface area (Å²) >= 11 is 12.9. The van der Waals surface area contributed by atoms with Crippen LogP contribution in [0.1, 0.15) is 23.7 Å². The Bertz CT molecular complexity index is 430. The van der Waals surface area contributed by atoms with Gasteiger partial charge in [0.05, 0.1) is 15.5 Å². The van der Waals surface area contributed by atoms with Gasteiger partial charge in [0.25, 0.3) is 5.91 Å². The molecular formula is C10H11Cl2NO2S. The zero-order chi connectivity index (χ0) is 11.9. The molecule has 6 heteroatoms. The number of thiophene rings is 1. The molecule has 0 aromatic carbocycles. The lowest BCUT2D eigenvalue weighted by molar-refractivity contribution is 0.0572. The third-order valence-electron chi connectivity index (χ3n) is 2.63. The summed E-state index contributed by atoms with van der Waals surface area (Å²) in [6.45, 7) is 2.62. The molecule has 1 saturated heterocycles. The van der Waals surface area contributed by atoms with Gasteiger partial charge in [0, 0.05) is 13.1 Å². The quantitative estimate of drug-likeness (QED) is 0.859. The Morgan fingerprint density at radius 3 is 2.75 bits per heavy atom. The summed E-state index contributed by atoms with van der Waals surface area (Å²) in [4.78, 5) is 13.6. The van der Waals surface area contributed by atoms with Gasteiger partial charge in [0.15, 0.2) is 0 Å². The first-order valence-electron chi connectivity index (χ1n) is 4.85. The van der Waals surface area contributed by atoms with E-state index >= 15 is 0 Å². The molecule has 16 heavy (non-hydrogen) atoms. The second kappa shape index (κ2) is 4.18. The average Bonchev–Trinajstić information content (AvgIpc) is 2.68. The summed E-state index contributed by atoms with van der Waals surface area (Å²) in [6.07, 6.45) is 0.591. The minimum absolute atomic E-state index is 0.161. The number of hydrogen-bond donors (Lipinski definition) is 1. The van der Waals surface area contributed by atoms with Crippen LogP contribution < -0.4 is 0 Å². The van der Waals surface area contributed by atoms with Crippen LogP contribution in [0.3, 0.4) is 0 Å². The molecule has 1 N–H and O–H groups in total. The number of nitrogens with zero attached hydrogens (tertiary/aromatic N) is 1. The summed E-state index contributed by atoms with van der Waals surface area (Å²) in [7, 11) is 0. The van der Waals surface area contributed by atoms with Crippen molar-refractivity contribution in [1.82, 2.24) is 4.90 Å². The second-order valence-electron chi connectivity index (χ2n) is 4.21. The smallest absolute Gasteiger partial charge is 0.256 e. The highest BCUT2D eigenvalue weighted by Crippen LogP contribution is 2.33. The minimum atomic E-state index is -0.790. The standard InChI is InChI=1S/C10H11Cl2NO2S/c1-10(15)2-3-13(5-10)9(14)6-4-7(11)16-8(6)12/h4,15H,2-3,5H2,1H3. The predicted octanol–water partition coefficient (Wildman–Crippen LogP) is 2.65. The number of amides is 1. The Balaban J connectivity index is 2.18. The normalized spacial score (nSPS) is 25.1. The fourth-order valence-corrected chi connectivity index (χ4v) is 3.22. The van der Waals surface area contributed by atoms with E-state index in [0.29, 0.717) is 33.7 Å². The van der Waals surface area contributed by atoms with Crippen molar-refractivity contribution < 1.29 is 9.90 Å². The van der Waals surface area contributed by atoms with Crippen molar-refractivity contribution in [2.45, 2.75) is 18.9 Å². The van der Waals surface area contributed by atoms with Crippen molar-refractivity contribution in [3.63, 3.8) is 0 Å². The highest BCUT2D eigenvalue weighted by Gasteiger charge is 2.35. The number of carbonyl (C=O) groups is 1. The molecule has 3 nitrogen and oxygen atoms in total. The van der Waals surface area contributed by atoms with Crippen LogP contribution >= 0.6 is 34.5 Å². The highest BCUT2D eigenvalue weighted by atomic mass is 35.5. The number of rotatable bonds is 1. The summed E-state index contributed by atoms with van der Waals surface area (Å²) in [5, 5.41) is 9.78. The molecule has 1 aromatic heterocycles. The molecule has 2 rings (SSSR count). The third kappa shape index (κ3) is 2.35. The number of halogens is 2. The Morgan fingerprint density at radius 2 is 2.31 bits per heavy atom. The average molecular weight is 280 g/mol. The van der Waals surface area contributed by atoms with Gasteiger partial charge in [0.2, 0.25) is 0 Å². The largest absolute Gasteiger partial charge is 0.388 e. The van der Waals surface area contributed by atoms with Crippen molar-refractivity contribution in [3.05, 3.63) is 20.3 Å². The van der Waals surface area contributed by atoms with Gasteiger partial charge >= 0.3 is 0 Å². The Hall–Kier alpha value is -0.290. The lowest BCUT2D eigenvalue weighted by Crippen LogP contribution is -2.33. The van der Waals surface area contributed by atoms with E-state index in [1.54, 1.807) is 17.9 Å². The van der Waals surface area contributed by atoms with E-state index in [1.807, 2.05) is 0 Å². The van der Waals surface area contributed by atoms with Crippen LogP contribution in [-0.4, -0.2) is 34.6 Å². The van der Waals surface area contributed by atoms with Gasteiger partial charge in [-0.3, -0.25) is 4.79 Å². The first kappa shape index (κ1) is 12.2. The molecule has 0 radical (unpaired) electrons. The van der Waals surface area contributed by atoms with E-state index in [2.05, 4.69) is 0 Å². The van der Waals surface area contributed by atoms with Crippen LogP contribution in [0.2, 0.25) is 8.67 Å². The number of carbonyl (C=O) groups excluding carboxylic acids is 1. The van der Waals surface area contributed by atoms with Crippen molar-refractivity contribution in [3.8, 4) is 0 Å². The Labute approximate surface area is 108 Å². The van der Waals surface area contributed by atoms with Gasteiger partial charge in [-0.1, -0.05) is 23.2 Å². The summed E-state index contributed by atoms with van der Waals surface area (Å²) in [5.74, 6) is -0.161. The van der Waals surface area contributed by atoms with E-state index < -0.39 is 5.60 Å². The van der Waals surface area contributed by atoms with Crippen molar-refractivity contribution in [2.75, 3.05) is 13.1 Å².